The van der Waals surface area contributed by atoms with Crippen molar-refractivity contribution in [2.45, 2.75) is 65.5 Å². The van der Waals surface area contributed by atoms with Crippen molar-refractivity contribution in [1.82, 2.24) is 14.8 Å². The molecule has 7 heteroatoms. The van der Waals surface area contributed by atoms with Crippen molar-refractivity contribution in [3.05, 3.63) is 23.4 Å². The standard InChI is InChI=1S/C26H37N3O4/c1-17(2)7-6-8-21-11-22-25(27-13-21)33-23(15-28(5)24(31)12-20-9-10-20)18(3)14-29(26(22)32)19(4)16-30/h11,13,17-20,23,30H,7,9-10,12,14-16H2,1-5H3/t18-,19+,23+/m0/s1. The van der Waals surface area contributed by atoms with Gasteiger partial charge in [-0.1, -0.05) is 32.6 Å². The van der Waals surface area contributed by atoms with E-state index in [1.807, 2.05) is 13.8 Å². The Morgan fingerprint density at radius 1 is 1.36 bits per heavy atom. The summed E-state index contributed by atoms with van der Waals surface area (Å²) >= 11 is 0. The number of nitrogens with zero attached hydrogens (tertiary/aromatic N) is 3. The van der Waals surface area contributed by atoms with Crippen molar-refractivity contribution in [3.8, 4) is 17.7 Å². The van der Waals surface area contributed by atoms with Crippen LogP contribution in [0.1, 0.15) is 69.3 Å². The van der Waals surface area contributed by atoms with Gasteiger partial charge in [0.1, 0.15) is 11.7 Å². The number of carbonyl (C=O) groups is 2. The lowest BCUT2D eigenvalue weighted by Crippen LogP contribution is -2.50. The van der Waals surface area contributed by atoms with Crippen molar-refractivity contribution < 1.29 is 19.4 Å². The third-order valence-electron chi connectivity index (χ3n) is 6.30. The first kappa shape index (κ1) is 25.0. The van der Waals surface area contributed by atoms with E-state index in [-0.39, 0.29) is 42.4 Å². The second-order valence-electron chi connectivity index (χ2n) is 10.0. The maximum absolute atomic E-state index is 13.4. The molecule has 3 rings (SSSR count). The molecule has 0 saturated heterocycles. The highest BCUT2D eigenvalue weighted by Gasteiger charge is 2.35. The van der Waals surface area contributed by atoms with E-state index >= 15 is 0 Å². The summed E-state index contributed by atoms with van der Waals surface area (Å²) in [5.41, 5.74) is 1.00. The van der Waals surface area contributed by atoms with E-state index < -0.39 is 0 Å². The van der Waals surface area contributed by atoms with Crippen molar-refractivity contribution in [3.63, 3.8) is 0 Å². The fraction of sp³-hybridized carbons (Fsp3) is 0.654. The predicted molar refractivity (Wildman–Crippen MR) is 127 cm³/mol. The van der Waals surface area contributed by atoms with Crippen LogP contribution in [-0.2, 0) is 4.79 Å². The van der Waals surface area contributed by atoms with Crippen LogP contribution < -0.4 is 4.74 Å². The molecule has 2 heterocycles. The number of likely N-dealkylation sites (N-methyl/N-ethyl adjacent to an activating group) is 1. The van der Waals surface area contributed by atoms with Gasteiger partial charge in [-0.3, -0.25) is 9.59 Å². The molecule has 1 N–H and O–H groups in total. The number of hydrogen-bond acceptors (Lipinski definition) is 5. The largest absolute Gasteiger partial charge is 0.472 e. The molecule has 1 fully saturated rings. The number of aliphatic hydroxyl groups excluding tert-OH is 1. The number of rotatable bonds is 7. The molecule has 0 radical (unpaired) electrons. The zero-order valence-corrected chi connectivity index (χ0v) is 20.5. The van der Waals surface area contributed by atoms with Crippen LogP contribution >= 0.6 is 0 Å². The minimum absolute atomic E-state index is 0.0559. The zero-order valence-electron chi connectivity index (χ0n) is 20.5. The second-order valence-corrected chi connectivity index (χ2v) is 10.0. The molecule has 0 spiro atoms. The van der Waals surface area contributed by atoms with E-state index in [4.69, 9.17) is 4.74 Å². The molecule has 1 aliphatic heterocycles. The summed E-state index contributed by atoms with van der Waals surface area (Å²) in [6.07, 6.45) is 4.90. The van der Waals surface area contributed by atoms with Crippen molar-refractivity contribution in [1.29, 1.82) is 0 Å². The van der Waals surface area contributed by atoms with Gasteiger partial charge in [-0.15, -0.1) is 0 Å². The Bertz CT molecular complexity index is 916. The van der Waals surface area contributed by atoms with Gasteiger partial charge in [-0.2, -0.15) is 0 Å². The summed E-state index contributed by atoms with van der Waals surface area (Å²) in [4.78, 5) is 33.9. The highest BCUT2D eigenvalue weighted by molar-refractivity contribution is 5.97. The van der Waals surface area contributed by atoms with Crippen LogP contribution in [0.25, 0.3) is 0 Å². The van der Waals surface area contributed by atoms with Gasteiger partial charge >= 0.3 is 0 Å². The van der Waals surface area contributed by atoms with E-state index in [2.05, 4.69) is 30.7 Å². The molecule has 1 saturated carbocycles. The Kier molecular flexibility index (Phi) is 8.36. The van der Waals surface area contributed by atoms with Gasteiger partial charge in [0.25, 0.3) is 5.91 Å². The van der Waals surface area contributed by atoms with Crippen LogP contribution in [0.15, 0.2) is 12.3 Å². The molecule has 33 heavy (non-hydrogen) atoms. The number of aliphatic hydroxyl groups is 1. The monoisotopic (exact) mass is 455 g/mol. The molecule has 1 aromatic heterocycles. The average Bonchev–Trinajstić information content (AvgIpc) is 3.59. The first-order valence-electron chi connectivity index (χ1n) is 12.0. The number of amides is 2. The Hall–Kier alpha value is -2.59. The summed E-state index contributed by atoms with van der Waals surface area (Å²) in [6.45, 7) is 8.73. The minimum atomic E-state index is -0.351. The molecule has 3 atom stereocenters. The summed E-state index contributed by atoms with van der Waals surface area (Å²) in [5.74, 6) is 7.30. The first-order chi connectivity index (χ1) is 15.7. The molecule has 1 aromatic rings. The summed E-state index contributed by atoms with van der Waals surface area (Å²) in [5, 5.41) is 9.78. The van der Waals surface area contributed by atoms with Crippen LogP contribution in [0.4, 0.5) is 0 Å². The molecule has 0 aromatic carbocycles. The predicted octanol–water partition coefficient (Wildman–Crippen LogP) is 2.96. The fourth-order valence-electron chi connectivity index (χ4n) is 3.84. The summed E-state index contributed by atoms with van der Waals surface area (Å²) in [6, 6.07) is 1.38. The van der Waals surface area contributed by atoms with Crippen molar-refractivity contribution >= 4 is 11.8 Å². The fourth-order valence-corrected chi connectivity index (χ4v) is 3.84. The van der Waals surface area contributed by atoms with E-state index in [0.29, 0.717) is 42.5 Å². The van der Waals surface area contributed by atoms with E-state index in [1.165, 1.54) is 0 Å². The number of pyridine rings is 1. The topological polar surface area (TPSA) is 83.0 Å². The SMILES string of the molecule is CC(C)CC#Cc1cnc2c(c1)C(=O)N([C@H](C)CO)C[C@H](C)[C@@H](CN(C)C(=O)CC1CC1)O2. The number of carbonyl (C=O) groups excluding carboxylic acids is 2. The third kappa shape index (κ3) is 6.70. The highest BCUT2D eigenvalue weighted by atomic mass is 16.5. The average molecular weight is 456 g/mol. The Balaban J connectivity index is 1.89. The third-order valence-corrected chi connectivity index (χ3v) is 6.30. The normalized spacial score (nSPS) is 21.3. The van der Waals surface area contributed by atoms with Crippen molar-refractivity contribution in [2.24, 2.45) is 17.8 Å². The smallest absolute Gasteiger partial charge is 0.259 e. The Labute approximate surface area is 197 Å². The quantitative estimate of drug-likeness (QED) is 0.639. The molecule has 1 aliphatic carbocycles. The molecular formula is C26H37N3O4. The maximum atomic E-state index is 13.4. The van der Waals surface area contributed by atoms with Crippen LogP contribution in [0.3, 0.4) is 0 Å². The molecule has 2 amide bonds. The van der Waals surface area contributed by atoms with Gasteiger partial charge in [0.05, 0.1) is 19.2 Å². The van der Waals surface area contributed by atoms with Gasteiger partial charge in [-0.25, -0.2) is 4.98 Å². The lowest BCUT2D eigenvalue weighted by Gasteiger charge is -2.37. The lowest BCUT2D eigenvalue weighted by atomic mass is 9.99. The minimum Gasteiger partial charge on any atom is -0.472 e. The van der Waals surface area contributed by atoms with Gasteiger partial charge in [0, 0.05) is 44.1 Å². The Morgan fingerprint density at radius 3 is 2.73 bits per heavy atom. The maximum Gasteiger partial charge on any atom is 0.259 e. The van der Waals surface area contributed by atoms with Crippen molar-refractivity contribution in [2.75, 3.05) is 26.7 Å². The molecule has 7 nitrogen and oxygen atoms in total. The molecule has 0 bridgehead atoms. The number of aromatic nitrogens is 1. The second kappa shape index (κ2) is 11.0. The van der Waals surface area contributed by atoms with E-state index in [1.54, 1.807) is 29.1 Å². The van der Waals surface area contributed by atoms with Gasteiger partial charge in [0.2, 0.25) is 11.8 Å². The number of ether oxygens (including phenoxy) is 1. The number of fused-ring (bicyclic) bond motifs is 1. The van der Waals surface area contributed by atoms with Gasteiger partial charge in [-0.05, 0) is 37.7 Å². The highest BCUT2D eigenvalue weighted by Crippen LogP contribution is 2.33. The summed E-state index contributed by atoms with van der Waals surface area (Å²) in [7, 11) is 1.81. The Morgan fingerprint density at radius 2 is 2.09 bits per heavy atom. The molecule has 180 valence electrons. The van der Waals surface area contributed by atoms with Crippen LogP contribution in [0, 0.1) is 29.6 Å². The lowest BCUT2D eigenvalue weighted by molar-refractivity contribution is -0.131. The van der Waals surface area contributed by atoms with E-state index in [9.17, 15) is 14.7 Å². The molecule has 2 aliphatic rings. The first-order valence-corrected chi connectivity index (χ1v) is 12.0. The van der Waals surface area contributed by atoms with Gasteiger partial charge < -0.3 is 19.6 Å². The number of hydrogen-bond donors (Lipinski definition) is 1. The van der Waals surface area contributed by atoms with Crippen LogP contribution in [-0.4, -0.2) is 70.6 Å². The molecular weight excluding hydrogens is 418 g/mol. The summed E-state index contributed by atoms with van der Waals surface area (Å²) < 4.78 is 6.26. The van der Waals surface area contributed by atoms with Gasteiger partial charge in [0.15, 0.2) is 0 Å². The van der Waals surface area contributed by atoms with E-state index in [0.717, 1.165) is 19.3 Å². The van der Waals surface area contributed by atoms with Crippen LogP contribution in [0.5, 0.6) is 5.88 Å². The van der Waals surface area contributed by atoms with Crippen LogP contribution in [0.2, 0.25) is 0 Å². The molecule has 0 unspecified atom stereocenters. The zero-order chi connectivity index (χ0) is 24.1.